The van der Waals surface area contributed by atoms with E-state index in [4.69, 9.17) is 14.2 Å². The van der Waals surface area contributed by atoms with Gasteiger partial charge in [0.1, 0.15) is 0 Å². The number of fused-ring (bicyclic) bond motifs is 1. The SMILES string of the molecule is Cc1cccc(C(=O)Oc2c(Br)cc(Br)cc2C=NNC(=O)c2cccc(NC(=O)c3ccc4c(c3)OCO4)c2)c1. The first kappa shape index (κ1) is 28.1. The molecule has 0 saturated carbocycles. The van der Waals surface area contributed by atoms with E-state index >= 15 is 0 Å². The van der Waals surface area contributed by atoms with E-state index in [2.05, 4.69) is 47.7 Å². The van der Waals surface area contributed by atoms with Crippen molar-refractivity contribution < 1.29 is 28.6 Å². The normalized spacial score (nSPS) is 11.8. The van der Waals surface area contributed by atoms with Gasteiger partial charge in [0.05, 0.1) is 16.3 Å². The Balaban J connectivity index is 1.26. The van der Waals surface area contributed by atoms with Crippen LogP contribution in [-0.2, 0) is 0 Å². The van der Waals surface area contributed by atoms with Crippen LogP contribution in [0.5, 0.6) is 17.2 Å². The molecule has 0 spiro atoms. The van der Waals surface area contributed by atoms with Crippen LogP contribution < -0.4 is 25.0 Å². The molecule has 0 aromatic heterocycles. The molecule has 0 saturated heterocycles. The van der Waals surface area contributed by atoms with Crippen LogP contribution in [0.15, 0.2) is 92.9 Å². The smallest absolute Gasteiger partial charge is 0.343 e. The third-order valence-corrected chi connectivity index (χ3v) is 6.92. The van der Waals surface area contributed by atoms with Crippen LogP contribution in [0.2, 0.25) is 0 Å². The number of hydrogen-bond acceptors (Lipinski definition) is 7. The molecule has 1 aliphatic rings. The van der Waals surface area contributed by atoms with E-state index in [1.54, 1.807) is 66.7 Å². The summed E-state index contributed by atoms with van der Waals surface area (Å²) in [5.74, 6) is -0.0950. The Labute approximate surface area is 251 Å². The summed E-state index contributed by atoms with van der Waals surface area (Å²) in [6.45, 7) is 1.99. The Morgan fingerprint density at radius 2 is 1.61 bits per heavy atom. The maximum atomic E-state index is 12.8. The number of ether oxygens (including phenoxy) is 3. The highest BCUT2D eigenvalue weighted by molar-refractivity contribution is 9.11. The number of anilines is 1. The Hall–Kier alpha value is -4.48. The second-order valence-corrected chi connectivity index (χ2v) is 10.6. The van der Waals surface area contributed by atoms with Gasteiger partial charge in [0.2, 0.25) is 6.79 Å². The van der Waals surface area contributed by atoms with Gasteiger partial charge in [-0.3, -0.25) is 9.59 Å². The van der Waals surface area contributed by atoms with Gasteiger partial charge in [0.15, 0.2) is 17.2 Å². The van der Waals surface area contributed by atoms with Gasteiger partial charge in [-0.1, -0.05) is 39.7 Å². The maximum absolute atomic E-state index is 12.8. The molecule has 4 aromatic carbocycles. The van der Waals surface area contributed by atoms with E-state index in [9.17, 15) is 14.4 Å². The van der Waals surface area contributed by atoms with Gasteiger partial charge in [-0.05, 0) is 83.5 Å². The minimum atomic E-state index is -0.532. The lowest BCUT2D eigenvalue weighted by Gasteiger charge is -2.11. The minimum Gasteiger partial charge on any atom is -0.454 e. The topological polar surface area (TPSA) is 115 Å². The molecule has 4 aromatic rings. The molecule has 1 aliphatic heterocycles. The Kier molecular flexibility index (Phi) is 8.46. The second-order valence-electron chi connectivity index (χ2n) is 8.87. The van der Waals surface area contributed by atoms with E-state index in [0.29, 0.717) is 42.8 Å². The van der Waals surface area contributed by atoms with Crippen molar-refractivity contribution in [2.45, 2.75) is 6.92 Å². The van der Waals surface area contributed by atoms with Crippen LogP contribution in [0.3, 0.4) is 0 Å². The number of nitrogens with zero attached hydrogens (tertiary/aromatic N) is 1. The molecule has 0 fully saturated rings. The highest BCUT2D eigenvalue weighted by Gasteiger charge is 2.18. The number of carbonyl (C=O) groups is 3. The lowest BCUT2D eigenvalue weighted by molar-refractivity contribution is 0.0732. The van der Waals surface area contributed by atoms with Gasteiger partial charge in [0.25, 0.3) is 11.8 Å². The fourth-order valence-electron chi connectivity index (χ4n) is 3.91. The zero-order valence-electron chi connectivity index (χ0n) is 21.4. The van der Waals surface area contributed by atoms with E-state index in [0.717, 1.165) is 5.56 Å². The van der Waals surface area contributed by atoms with Gasteiger partial charge in [-0.25, -0.2) is 10.2 Å². The molecule has 2 amide bonds. The number of carbonyl (C=O) groups excluding carboxylic acids is 3. The summed E-state index contributed by atoms with van der Waals surface area (Å²) in [6, 6.07) is 21.8. The first-order chi connectivity index (χ1) is 19.8. The summed E-state index contributed by atoms with van der Waals surface area (Å²) in [6.07, 6.45) is 1.37. The van der Waals surface area contributed by atoms with Crippen LogP contribution in [0.1, 0.15) is 42.2 Å². The monoisotopic (exact) mass is 677 g/mol. The third-order valence-electron chi connectivity index (χ3n) is 5.87. The molecule has 11 heteroatoms. The zero-order chi connectivity index (χ0) is 28.9. The van der Waals surface area contributed by atoms with Crippen LogP contribution >= 0.6 is 31.9 Å². The first-order valence-corrected chi connectivity index (χ1v) is 13.8. The highest BCUT2D eigenvalue weighted by atomic mass is 79.9. The number of benzene rings is 4. The fourth-order valence-corrected chi connectivity index (χ4v) is 5.25. The van der Waals surface area contributed by atoms with Crippen LogP contribution in [-0.4, -0.2) is 30.8 Å². The number of amides is 2. The van der Waals surface area contributed by atoms with Crippen molar-refractivity contribution in [3.8, 4) is 17.2 Å². The molecule has 0 aliphatic carbocycles. The molecule has 1 heterocycles. The molecule has 5 rings (SSSR count). The summed E-state index contributed by atoms with van der Waals surface area (Å²) in [5, 5.41) is 6.82. The summed E-state index contributed by atoms with van der Waals surface area (Å²) in [4.78, 5) is 38.3. The predicted octanol–water partition coefficient (Wildman–Crippen LogP) is 6.48. The van der Waals surface area contributed by atoms with Crippen molar-refractivity contribution in [3.63, 3.8) is 0 Å². The van der Waals surface area contributed by atoms with Gasteiger partial charge in [-0.2, -0.15) is 5.10 Å². The number of halogens is 2. The van der Waals surface area contributed by atoms with Crippen LogP contribution in [0, 0.1) is 6.92 Å². The van der Waals surface area contributed by atoms with Gasteiger partial charge in [-0.15, -0.1) is 0 Å². The summed E-state index contributed by atoms with van der Waals surface area (Å²) in [5.41, 5.74) is 5.31. The Morgan fingerprint density at radius 3 is 2.44 bits per heavy atom. The van der Waals surface area contributed by atoms with E-state index in [1.165, 1.54) is 12.3 Å². The number of nitrogens with one attached hydrogen (secondary N) is 2. The fraction of sp³-hybridized carbons (Fsp3) is 0.0667. The molecule has 0 bridgehead atoms. The number of rotatable bonds is 7. The van der Waals surface area contributed by atoms with Crippen LogP contribution in [0.25, 0.3) is 0 Å². The van der Waals surface area contributed by atoms with Crippen molar-refractivity contribution in [2.24, 2.45) is 5.10 Å². The number of esters is 1. The molecule has 2 N–H and O–H groups in total. The van der Waals surface area contributed by atoms with Gasteiger partial charge >= 0.3 is 5.97 Å². The summed E-state index contributed by atoms with van der Waals surface area (Å²) < 4.78 is 17.5. The zero-order valence-corrected chi connectivity index (χ0v) is 24.6. The predicted molar refractivity (Wildman–Crippen MR) is 160 cm³/mol. The molecule has 41 heavy (non-hydrogen) atoms. The second kappa shape index (κ2) is 12.4. The van der Waals surface area contributed by atoms with Gasteiger partial charge < -0.3 is 19.5 Å². The van der Waals surface area contributed by atoms with Crippen molar-refractivity contribution in [1.82, 2.24) is 5.43 Å². The quantitative estimate of drug-likeness (QED) is 0.100. The van der Waals surface area contributed by atoms with E-state index < -0.39 is 11.9 Å². The van der Waals surface area contributed by atoms with Crippen molar-refractivity contribution in [3.05, 3.63) is 116 Å². The first-order valence-electron chi connectivity index (χ1n) is 12.2. The molecule has 0 atom stereocenters. The number of hydrogen-bond donors (Lipinski definition) is 2. The maximum Gasteiger partial charge on any atom is 0.343 e. The van der Waals surface area contributed by atoms with Gasteiger partial charge in [0, 0.05) is 26.9 Å². The Morgan fingerprint density at radius 1 is 0.854 bits per heavy atom. The van der Waals surface area contributed by atoms with Crippen molar-refractivity contribution >= 4 is 61.5 Å². The lowest BCUT2D eigenvalue weighted by atomic mass is 10.1. The lowest BCUT2D eigenvalue weighted by Crippen LogP contribution is -2.18. The average Bonchev–Trinajstić information content (AvgIpc) is 3.43. The molecular formula is C30H21Br2N3O6. The average molecular weight is 679 g/mol. The van der Waals surface area contributed by atoms with Crippen molar-refractivity contribution in [1.29, 1.82) is 0 Å². The summed E-state index contributed by atoms with van der Waals surface area (Å²) >= 11 is 6.84. The van der Waals surface area contributed by atoms with Crippen LogP contribution in [0.4, 0.5) is 5.69 Å². The summed E-state index contributed by atoms with van der Waals surface area (Å²) in [7, 11) is 0. The largest absolute Gasteiger partial charge is 0.454 e. The molecular weight excluding hydrogens is 658 g/mol. The highest BCUT2D eigenvalue weighted by Crippen LogP contribution is 2.34. The minimum absolute atomic E-state index is 0.110. The third kappa shape index (κ3) is 6.82. The number of hydrazone groups is 1. The molecule has 9 nitrogen and oxygen atoms in total. The standard InChI is InChI=1S/C30H21Br2N3O6/c1-17-4-2-6-20(10-17)30(38)41-27-21(11-22(31)14-24(27)32)15-33-35-29(37)18-5-3-7-23(12-18)34-28(36)19-8-9-25-26(13-19)40-16-39-25/h2-15H,16H2,1H3,(H,34,36)(H,35,37). The van der Waals surface area contributed by atoms with Crippen molar-refractivity contribution in [2.75, 3.05) is 12.1 Å². The van der Waals surface area contributed by atoms with E-state index in [-0.39, 0.29) is 24.0 Å². The Bertz CT molecular complexity index is 1710. The number of aryl methyl sites for hydroxylation is 1. The molecule has 206 valence electrons. The molecule has 0 radical (unpaired) electrons. The molecule has 0 unspecified atom stereocenters. The van der Waals surface area contributed by atoms with E-state index in [1.807, 2.05) is 13.0 Å².